The summed E-state index contributed by atoms with van der Waals surface area (Å²) in [6.07, 6.45) is 1.41. The Morgan fingerprint density at radius 2 is 1.85 bits per heavy atom. The number of benzene rings is 2. The summed E-state index contributed by atoms with van der Waals surface area (Å²) in [5.41, 5.74) is 3.08. The van der Waals surface area contributed by atoms with Crippen LogP contribution in [0.25, 0.3) is 22.0 Å². The molecule has 0 saturated carbocycles. The zero-order chi connectivity index (χ0) is 13.9. The van der Waals surface area contributed by atoms with E-state index in [1.54, 1.807) is 17.7 Å². The molecule has 1 heterocycles. The number of hydrogen-bond donors (Lipinski definition) is 0. The fourth-order valence-corrected chi connectivity index (χ4v) is 2.29. The number of fused-ring (bicyclic) bond motifs is 1. The number of aromatic nitrogens is 1. The van der Waals surface area contributed by atoms with Crippen molar-refractivity contribution in [3.63, 3.8) is 0 Å². The molecular formula is C17H15NO2. The highest BCUT2D eigenvalue weighted by Gasteiger charge is 2.10. The van der Waals surface area contributed by atoms with E-state index < -0.39 is 0 Å². The van der Waals surface area contributed by atoms with E-state index in [2.05, 4.69) is 18.2 Å². The van der Waals surface area contributed by atoms with Gasteiger partial charge in [0, 0.05) is 11.6 Å². The molecule has 3 nitrogen and oxygen atoms in total. The predicted molar refractivity (Wildman–Crippen MR) is 79.8 cm³/mol. The Morgan fingerprint density at radius 1 is 1.05 bits per heavy atom. The first kappa shape index (κ1) is 12.5. The topological polar surface area (TPSA) is 31.2 Å². The van der Waals surface area contributed by atoms with Crippen LogP contribution in [0.1, 0.15) is 6.92 Å². The van der Waals surface area contributed by atoms with Crippen molar-refractivity contribution in [2.24, 2.45) is 0 Å². The van der Waals surface area contributed by atoms with Gasteiger partial charge >= 0.3 is 6.09 Å². The van der Waals surface area contributed by atoms with E-state index >= 15 is 0 Å². The third-order valence-electron chi connectivity index (χ3n) is 3.26. The van der Waals surface area contributed by atoms with Gasteiger partial charge in [0.2, 0.25) is 0 Å². The number of carbonyl (C=O) groups excluding carboxylic acids is 1. The predicted octanol–water partition coefficient (Wildman–Crippen LogP) is 4.31. The molecular weight excluding hydrogens is 250 g/mol. The number of hydrogen-bond acceptors (Lipinski definition) is 2. The Bertz CT molecular complexity index is 744. The number of nitrogens with zero attached hydrogens (tertiary/aromatic N) is 1. The molecule has 3 rings (SSSR count). The Morgan fingerprint density at radius 3 is 2.60 bits per heavy atom. The quantitative estimate of drug-likeness (QED) is 0.691. The van der Waals surface area contributed by atoms with Gasteiger partial charge in [0.1, 0.15) is 0 Å². The van der Waals surface area contributed by atoms with Crippen LogP contribution in [0.2, 0.25) is 0 Å². The van der Waals surface area contributed by atoms with Gasteiger partial charge in [-0.1, -0.05) is 42.5 Å². The normalized spacial score (nSPS) is 10.7. The Kier molecular flexibility index (Phi) is 3.25. The fraction of sp³-hybridized carbons (Fsp3) is 0.118. The second-order valence-electron chi connectivity index (χ2n) is 4.52. The molecule has 0 atom stereocenters. The van der Waals surface area contributed by atoms with Crippen LogP contribution in [0.15, 0.2) is 60.8 Å². The van der Waals surface area contributed by atoms with E-state index in [1.165, 1.54) is 0 Å². The van der Waals surface area contributed by atoms with Gasteiger partial charge in [0.05, 0.1) is 12.1 Å². The zero-order valence-corrected chi connectivity index (χ0v) is 11.2. The van der Waals surface area contributed by atoms with Gasteiger partial charge < -0.3 is 4.74 Å². The minimum absolute atomic E-state index is 0.340. The van der Waals surface area contributed by atoms with Crippen molar-refractivity contribution < 1.29 is 9.53 Å². The van der Waals surface area contributed by atoms with E-state index in [1.807, 2.05) is 36.4 Å². The SMILES string of the molecule is CCOC(=O)n1ccc2ccc(-c3ccccc3)cc21. The van der Waals surface area contributed by atoms with Crippen LogP contribution >= 0.6 is 0 Å². The summed E-state index contributed by atoms with van der Waals surface area (Å²) in [6, 6.07) is 18.1. The molecule has 20 heavy (non-hydrogen) atoms. The average Bonchev–Trinajstić information content (AvgIpc) is 2.91. The minimum atomic E-state index is -0.340. The summed E-state index contributed by atoms with van der Waals surface area (Å²) in [7, 11) is 0. The molecule has 2 aromatic carbocycles. The second kappa shape index (κ2) is 5.21. The number of rotatable bonds is 2. The highest BCUT2D eigenvalue weighted by atomic mass is 16.5. The monoisotopic (exact) mass is 265 g/mol. The molecule has 100 valence electrons. The third kappa shape index (κ3) is 2.18. The number of carbonyl (C=O) groups is 1. The van der Waals surface area contributed by atoms with Gasteiger partial charge in [0.15, 0.2) is 0 Å². The minimum Gasteiger partial charge on any atom is -0.449 e. The first-order valence-electron chi connectivity index (χ1n) is 6.63. The second-order valence-corrected chi connectivity index (χ2v) is 4.52. The number of ether oxygens (including phenoxy) is 1. The lowest BCUT2D eigenvalue weighted by atomic mass is 10.0. The Hall–Kier alpha value is -2.55. The summed E-state index contributed by atoms with van der Waals surface area (Å²) >= 11 is 0. The van der Waals surface area contributed by atoms with Gasteiger partial charge in [-0.15, -0.1) is 0 Å². The van der Waals surface area contributed by atoms with E-state index in [0.717, 1.165) is 22.0 Å². The van der Waals surface area contributed by atoms with Crippen LogP contribution in [0.3, 0.4) is 0 Å². The Labute approximate surface area is 117 Å². The first-order chi connectivity index (χ1) is 9.79. The highest BCUT2D eigenvalue weighted by molar-refractivity contribution is 5.92. The van der Waals surface area contributed by atoms with Gasteiger partial charge in [-0.3, -0.25) is 4.57 Å². The van der Waals surface area contributed by atoms with E-state index in [9.17, 15) is 4.79 Å². The van der Waals surface area contributed by atoms with E-state index in [-0.39, 0.29) is 6.09 Å². The molecule has 0 aliphatic rings. The fourth-order valence-electron chi connectivity index (χ4n) is 2.29. The van der Waals surface area contributed by atoms with Crippen molar-refractivity contribution in [2.45, 2.75) is 6.92 Å². The molecule has 1 aromatic heterocycles. The molecule has 3 aromatic rings. The van der Waals surface area contributed by atoms with Crippen molar-refractivity contribution in [1.82, 2.24) is 4.57 Å². The maximum Gasteiger partial charge on any atom is 0.418 e. The van der Waals surface area contributed by atoms with E-state index in [4.69, 9.17) is 4.74 Å². The van der Waals surface area contributed by atoms with E-state index in [0.29, 0.717) is 6.61 Å². The van der Waals surface area contributed by atoms with Crippen molar-refractivity contribution in [3.8, 4) is 11.1 Å². The summed E-state index contributed by atoms with van der Waals surface area (Å²) in [5.74, 6) is 0. The highest BCUT2D eigenvalue weighted by Crippen LogP contribution is 2.25. The van der Waals surface area contributed by atoms with Crippen molar-refractivity contribution in [3.05, 3.63) is 60.8 Å². The molecule has 0 radical (unpaired) electrons. The first-order valence-corrected chi connectivity index (χ1v) is 6.63. The molecule has 0 N–H and O–H groups in total. The third-order valence-corrected chi connectivity index (χ3v) is 3.26. The smallest absolute Gasteiger partial charge is 0.418 e. The molecule has 0 amide bonds. The van der Waals surface area contributed by atoms with Gasteiger partial charge in [-0.25, -0.2) is 4.79 Å². The lowest BCUT2D eigenvalue weighted by molar-refractivity contribution is 0.155. The maximum atomic E-state index is 11.9. The van der Waals surface area contributed by atoms with Gasteiger partial charge in [-0.05, 0) is 30.2 Å². The van der Waals surface area contributed by atoms with Crippen LogP contribution in [0, 0.1) is 0 Å². The van der Waals surface area contributed by atoms with Crippen LogP contribution in [-0.4, -0.2) is 17.3 Å². The standard InChI is InChI=1S/C17H15NO2/c1-2-20-17(19)18-11-10-14-8-9-15(12-16(14)18)13-6-4-3-5-7-13/h3-12H,2H2,1H3. The molecule has 0 aliphatic carbocycles. The molecule has 0 bridgehead atoms. The van der Waals surface area contributed by atoms with Crippen LogP contribution in [0.4, 0.5) is 4.79 Å². The molecule has 3 heteroatoms. The van der Waals surface area contributed by atoms with Gasteiger partial charge in [0.25, 0.3) is 0 Å². The summed E-state index contributed by atoms with van der Waals surface area (Å²) in [6.45, 7) is 2.18. The zero-order valence-electron chi connectivity index (χ0n) is 11.2. The molecule has 0 spiro atoms. The van der Waals surface area contributed by atoms with Crippen LogP contribution < -0.4 is 0 Å². The van der Waals surface area contributed by atoms with Gasteiger partial charge in [-0.2, -0.15) is 0 Å². The maximum absolute atomic E-state index is 11.9. The van der Waals surface area contributed by atoms with Crippen LogP contribution in [0.5, 0.6) is 0 Å². The molecule has 0 unspecified atom stereocenters. The average molecular weight is 265 g/mol. The largest absolute Gasteiger partial charge is 0.449 e. The summed E-state index contributed by atoms with van der Waals surface area (Å²) in [5, 5.41) is 1.03. The summed E-state index contributed by atoms with van der Waals surface area (Å²) < 4.78 is 6.61. The molecule has 0 aliphatic heterocycles. The van der Waals surface area contributed by atoms with Crippen molar-refractivity contribution in [1.29, 1.82) is 0 Å². The summed E-state index contributed by atoms with van der Waals surface area (Å²) in [4.78, 5) is 11.9. The lowest BCUT2D eigenvalue weighted by Crippen LogP contribution is -2.11. The molecule has 0 saturated heterocycles. The Balaban J connectivity index is 2.10. The van der Waals surface area contributed by atoms with Crippen molar-refractivity contribution in [2.75, 3.05) is 6.61 Å². The lowest BCUT2D eigenvalue weighted by Gasteiger charge is -2.06. The molecule has 0 fully saturated rings. The van der Waals surface area contributed by atoms with Crippen LogP contribution in [-0.2, 0) is 4.74 Å². The van der Waals surface area contributed by atoms with Crippen molar-refractivity contribution >= 4 is 17.0 Å².